The molecule has 0 radical (unpaired) electrons. The molecule has 82 valence electrons. The molecule has 0 atom stereocenters. The molecule has 0 aliphatic heterocycles. The zero-order chi connectivity index (χ0) is 11.4. The summed E-state index contributed by atoms with van der Waals surface area (Å²) < 4.78 is 0. The van der Waals surface area contributed by atoms with E-state index >= 15 is 0 Å². The number of rotatable bonds is 4. The Bertz CT molecular complexity index is 361. The lowest BCUT2D eigenvalue weighted by Crippen LogP contribution is -2.12. The molecule has 0 aliphatic rings. The van der Waals surface area contributed by atoms with E-state index in [9.17, 15) is 4.79 Å². The fraction of sp³-hybridized carbons (Fsp3) is 0.500. The van der Waals surface area contributed by atoms with Gasteiger partial charge >= 0.3 is 0 Å². The Balaban J connectivity index is 3.13. The van der Waals surface area contributed by atoms with Crippen LogP contribution in [-0.2, 0) is 11.8 Å². The van der Waals surface area contributed by atoms with Crippen molar-refractivity contribution in [1.82, 2.24) is 4.98 Å². The Hall–Kier alpha value is -0.700. The third-order valence-electron chi connectivity index (χ3n) is 2.32. The predicted octanol–water partition coefficient (Wildman–Crippen LogP) is 3.38. The van der Waals surface area contributed by atoms with Crippen LogP contribution in [0.15, 0.2) is 12.3 Å². The number of carbonyl (C=O) groups excluding carboxylic acids is 1. The van der Waals surface area contributed by atoms with E-state index in [1.54, 1.807) is 6.20 Å². The van der Waals surface area contributed by atoms with Gasteiger partial charge in [-0.25, -0.2) is 0 Å². The molecule has 3 heteroatoms. The van der Waals surface area contributed by atoms with Gasteiger partial charge in [-0.05, 0) is 17.5 Å². The van der Waals surface area contributed by atoms with E-state index in [1.807, 2.05) is 20.8 Å². The van der Waals surface area contributed by atoms with Crippen LogP contribution >= 0.6 is 15.9 Å². The van der Waals surface area contributed by atoms with Gasteiger partial charge in [-0.3, -0.25) is 9.78 Å². The number of hydrogen-bond donors (Lipinski definition) is 0. The molecule has 1 heterocycles. The maximum absolute atomic E-state index is 11.8. The highest BCUT2D eigenvalue weighted by Gasteiger charge is 2.15. The second-order valence-corrected chi connectivity index (χ2v) is 4.42. The van der Waals surface area contributed by atoms with Crippen LogP contribution < -0.4 is 0 Å². The topological polar surface area (TPSA) is 30.0 Å². The lowest BCUT2D eigenvalue weighted by atomic mass is 9.99. The molecule has 0 bridgehead atoms. The summed E-state index contributed by atoms with van der Waals surface area (Å²) >= 11 is 3.39. The van der Waals surface area contributed by atoms with Gasteiger partial charge in [0.05, 0.1) is 0 Å². The van der Waals surface area contributed by atoms with Gasteiger partial charge in [0.2, 0.25) is 0 Å². The van der Waals surface area contributed by atoms with Gasteiger partial charge in [0.25, 0.3) is 0 Å². The quantitative estimate of drug-likeness (QED) is 0.620. The number of aryl methyl sites for hydroxylation is 1. The first-order valence-electron chi connectivity index (χ1n) is 5.18. The standard InChI is InChI=1S/C12H16BrNO/c1-4-10-5-9(6-13)7-14-11(10)12(15)8(2)3/h5,7-8H,4,6H2,1-3H3. The molecule has 0 saturated carbocycles. The summed E-state index contributed by atoms with van der Waals surface area (Å²) in [5, 5.41) is 0.781. The molecule has 0 N–H and O–H groups in total. The third kappa shape index (κ3) is 2.88. The lowest BCUT2D eigenvalue weighted by molar-refractivity contribution is 0.0933. The molecule has 1 rings (SSSR count). The van der Waals surface area contributed by atoms with Crippen molar-refractivity contribution in [2.24, 2.45) is 5.92 Å². The van der Waals surface area contributed by atoms with E-state index in [0.29, 0.717) is 5.69 Å². The number of carbonyl (C=O) groups is 1. The van der Waals surface area contributed by atoms with Gasteiger partial charge in [0.15, 0.2) is 5.78 Å². The van der Waals surface area contributed by atoms with Crippen LogP contribution in [0, 0.1) is 5.92 Å². The maximum Gasteiger partial charge on any atom is 0.183 e. The number of ketones is 1. The molecule has 0 saturated heterocycles. The van der Waals surface area contributed by atoms with Crippen LogP contribution in [0.1, 0.15) is 42.4 Å². The van der Waals surface area contributed by atoms with Crippen molar-refractivity contribution in [3.05, 3.63) is 29.1 Å². The molecule has 15 heavy (non-hydrogen) atoms. The Kier molecular flexibility index (Phi) is 4.45. The van der Waals surface area contributed by atoms with Crippen LogP contribution in [-0.4, -0.2) is 10.8 Å². The fourth-order valence-electron chi connectivity index (χ4n) is 1.40. The van der Waals surface area contributed by atoms with Crippen LogP contribution in [0.4, 0.5) is 0 Å². The first kappa shape index (κ1) is 12.4. The normalized spacial score (nSPS) is 10.7. The molecule has 0 spiro atoms. The van der Waals surface area contributed by atoms with E-state index in [4.69, 9.17) is 0 Å². The largest absolute Gasteiger partial charge is 0.292 e. The molecule has 0 fully saturated rings. The highest BCUT2D eigenvalue weighted by atomic mass is 79.9. The Morgan fingerprint density at radius 2 is 2.20 bits per heavy atom. The summed E-state index contributed by atoms with van der Waals surface area (Å²) in [4.78, 5) is 16.1. The first-order chi connectivity index (χ1) is 7.10. The van der Waals surface area contributed by atoms with Gasteiger partial charge in [-0.1, -0.05) is 42.8 Å². The zero-order valence-electron chi connectivity index (χ0n) is 9.38. The molecule has 0 amide bonds. The van der Waals surface area contributed by atoms with Crippen molar-refractivity contribution in [3.8, 4) is 0 Å². The summed E-state index contributed by atoms with van der Waals surface area (Å²) in [6.45, 7) is 5.86. The molecular formula is C12H16BrNO. The number of Topliss-reactive ketones (excluding diaryl/α,β-unsaturated/α-hetero) is 1. The van der Waals surface area contributed by atoms with E-state index in [0.717, 1.165) is 22.9 Å². The summed E-state index contributed by atoms with van der Waals surface area (Å²) in [5.41, 5.74) is 2.80. The van der Waals surface area contributed by atoms with Gasteiger partial charge in [0, 0.05) is 17.4 Å². The molecule has 1 aromatic rings. The van der Waals surface area contributed by atoms with Gasteiger partial charge in [0.1, 0.15) is 5.69 Å². The van der Waals surface area contributed by atoms with Crippen LogP contribution in [0.3, 0.4) is 0 Å². The van der Waals surface area contributed by atoms with Crippen molar-refractivity contribution in [3.63, 3.8) is 0 Å². The maximum atomic E-state index is 11.8. The lowest BCUT2D eigenvalue weighted by Gasteiger charge is -2.09. The minimum absolute atomic E-state index is 0.0117. The fourth-order valence-corrected chi connectivity index (χ4v) is 1.70. The first-order valence-corrected chi connectivity index (χ1v) is 6.30. The highest BCUT2D eigenvalue weighted by Crippen LogP contribution is 2.15. The molecular weight excluding hydrogens is 254 g/mol. The minimum atomic E-state index is 0.0117. The number of pyridine rings is 1. The Morgan fingerprint density at radius 3 is 2.67 bits per heavy atom. The molecule has 0 aliphatic carbocycles. The SMILES string of the molecule is CCc1cc(CBr)cnc1C(=O)C(C)C. The summed E-state index contributed by atoms with van der Waals surface area (Å²) in [6, 6.07) is 2.05. The predicted molar refractivity (Wildman–Crippen MR) is 65.4 cm³/mol. The van der Waals surface area contributed by atoms with E-state index in [2.05, 4.69) is 27.0 Å². The number of halogens is 1. The molecule has 1 aromatic heterocycles. The number of aromatic nitrogens is 1. The summed E-state index contributed by atoms with van der Waals surface area (Å²) in [7, 11) is 0. The molecule has 0 aromatic carbocycles. The van der Waals surface area contributed by atoms with Crippen molar-refractivity contribution >= 4 is 21.7 Å². The Labute approximate surface area is 99.2 Å². The zero-order valence-corrected chi connectivity index (χ0v) is 11.0. The average Bonchev–Trinajstić information content (AvgIpc) is 2.27. The van der Waals surface area contributed by atoms with Crippen molar-refractivity contribution in [1.29, 1.82) is 0 Å². The van der Waals surface area contributed by atoms with E-state index in [-0.39, 0.29) is 11.7 Å². The Morgan fingerprint density at radius 1 is 1.53 bits per heavy atom. The minimum Gasteiger partial charge on any atom is -0.292 e. The summed E-state index contributed by atoms with van der Waals surface area (Å²) in [5.74, 6) is 0.144. The van der Waals surface area contributed by atoms with E-state index in [1.165, 1.54) is 0 Å². The van der Waals surface area contributed by atoms with Crippen LogP contribution in [0.25, 0.3) is 0 Å². The second-order valence-electron chi connectivity index (χ2n) is 3.86. The van der Waals surface area contributed by atoms with Gasteiger partial charge < -0.3 is 0 Å². The van der Waals surface area contributed by atoms with Gasteiger partial charge in [-0.2, -0.15) is 0 Å². The molecule has 0 unspecified atom stereocenters. The van der Waals surface area contributed by atoms with Crippen molar-refractivity contribution in [2.45, 2.75) is 32.5 Å². The van der Waals surface area contributed by atoms with Crippen LogP contribution in [0.5, 0.6) is 0 Å². The van der Waals surface area contributed by atoms with Crippen molar-refractivity contribution < 1.29 is 4.79 Å². The average molecular weight is 270 g/mol. The number of alkyl halides is 1. The smallest absolute Gasteiger partial charge is 0.183 e. The molecule has 2 nitrogen and oxygen atoms in total. The summed E-state index contributed by atoms with van der Waals surface area (Å²) in [6.07, 6.45) is 2.62. The van der Waals surface area contributed by atoms with E-state index < -0.39 is 0 Å². The monoisotopic (exact) mass is 269 g/mol. The van der Waals surface area contributed by atoms with Gasteiger partial charge in [-0.15, -0.1) is 0 Å². The second kappa shape index (κ2) is 5.40. The number of hydrogen-bond acceptors (Lipinski definition) is 2. The third-order valence-corrected chi connectivity index (χ3v) is 2.96. The van der Waals surface area contributed by atoms with Crippen LogP contribution in [0.2, 0.25) is 0 Å². The number of nitrogens with zero attached hydrogens (tertiary/aromatic N) is 1. The highest BCUT2D eigenvalue weighted by molar-refractivity contribution is 9.08. The van der Waals surface area contributed by atoms with Crippen molar-refractivity contribution in [2.75, 3.05) is 0 Å².